The molecule has 1 fully saturated rings. The Kier molecular flexibility index (Phi) is 3.88. The molecule has 96 valence electrons. The summed E-state index contributed by atoms with van der Waals surface area (Å²) in [6, 6.07) is 9.32. The normalized spacial score (nSPS) is 20.8. The molecular formula is C15H21N3. The predicted molar refractivity (Wildman–Crippen MR) is 74.8 cm³/mol. The van der Waals surface area contributed by atoms with Gasteiger partial charge in [0.1, 0.15) is 0 Å². The lowest BCUT2D eigenvalue weighted by Crippen LogP contribution is -2.51. The maximum atomic E-state index is 8.89. The zero-order chi connectivity index (χ0) is 13.1. The minimum atomic E-state index is 0.351. The first-order chi connectivity index (χ1) is 8.60. The monoisotopic (exact) mass is 243 g/mol. The lowest BCUT2D eigenvalue weighted by atomic mass is 10.1. The van der Waals surface area contributed by atoms with Gasteiger partial charge >= 0.3 is 0 Å². The highest BCUT2D eigenvalue weighted by molar-refractivity contribution is 5.51. The Morgan fingerprint density at radius 2 is 1.89 bits per heavy atom. The van der Waals surface area contributed by atoms with E-state index >= 15 is 0 Å². The van der Waals surface area contributed by atoms with Crippen molar-refractivity contribution in [3.63, 3.8) is 0 Å². The van der Waals surface area contributed by atoms with Gasteiger partial charge < -0.3 is 4.90 Å². The Balaban J connectivity index is 2.16. The van der Waals surface area contributed by atoms with E-state index in [4.69, 9.17) is 5.26 Å². The third-order valence-corrected chi connectivity index (χ3v) is 3.68. The Morgan fingerprint density at radius 3 is 2.50 bits per heavy atom. The molecule has 1 unspecified atom stereocenters. The van der Waals surface area contributed by atoms with Gasteiger partial charge in [-0.3, -0.25) is 4.90 Å². The Morgan fingerprint density at radius 1 is 1.22 bits per heavy atom. The smallest absolute Gasteiger partial charge is 0.0638 e. The number of nitriles is 1. The number of rotatable bonds is 2. The van der Waals surface area contributed by atoms with Gasteiger partial charge in [-0.25, -0.2) is 0 Å². The fraction of sp³-hybridized carbons (Fsp3) is 0.533. The van der Waals surface area contributed by atoms with Gasteiger partial charge in [-0.2, -0.15) is 5.26 Å². The van der Waals surface area contributed by atoms with E-state index in [-0.39, 0.29) is 0 Å². The van der Waals surface area contributed by atoms with Crippen LogP contribution in [0.3, 0.4) is 0 Å². The van der Waals surface area contributed by atoms with Crippen LogP contribution in [0.15, 0.2) is 18.2 Å². The fourth-order valence-corrected chi connectivity index (χ4v) is 2.64. The molecular weight excluding hydrogens is 222 g/mol. The van der Waals surface area contributed by atoms with Gasteiger partial charge in [0.25, 0.3) is 0 Å². The number of aryl methyl sites for hydroxylation is 2. The van der Waals surface area contributed by atoms with Crippen molar-refractivity contribution >= 4 is 5.69 Å². The summed E-state index contributed by atoms with van der Waals surface area (Å²) in [5.74, 6) is 0. The van der Waals surface area contributed by atoms with Crippen LogP contribution in [-0.4, -0.2) is 37.6 Å². The average molecular weight is 243 g/mol. The lowest BCUT2D eigenvalue weighted by molar-refractivity contribution is 0.221. The van der Waals surface area contributed by atoms with Crippen molar-refractivity contribution in [3.05, 3.63) is 29.3 Å². The van der Waals surface area contributed by atoms with Crippen molar-refractivity contribution in [2.45, 2.75) is 26.3 Å². The van der Waals surface area contributed by atoms with Crippen LogP contribution in [0.25, 0.3) is 0 Å². The highest BCUT2D eigenvalue weighted by Crippen LogP contribution is 2.22. The molecule has 1 aliphatic heterocycles. The Labute approximate surface area is 110 Å². The van der Waals surface area contributed by atoms with E-state index in [0.29, 0.717) is 12.5 Å². The molecule has 18 heavy (non-hydrogen) atoms. The van der Waals surface area contributed by atoms with E-state index in [1.165, 1.54) is 16.8 Å². The van der Waals surface area contributed by atoms with E-state index in [9.17, 15) is 0 Å². The van der Waals surface area contributed by atoms with Crippen LogP contribution < -0.4 is 4.90 Å². The molecule has 1 aromatic carbocycles. The summed E-state index contributed by atoms with van der Waals surface area (Å²) in [6.45, 7) is 7.30. The molecule has 0 aromatic heterocycles. The molecule has 1 saturated heterocycles. The standard InChI is InChI=1S/C15H21N3/c1-12-8-13(2)10-15(9-12)18-7-6-17(3)14(11-18)4-5-16/h8-10,14H,4,6-7,11H2,1-3H3. The van der Waals surface area contributed by atoms with Gasteiger partial charge in [-0.15, -0.1) is 0 Å². The second kappa shape index (κ2) is 5.41. The van der Waals surface area contributed by atoms with Crippen molar-refractivity contribution in [2.75, 3.05) is 31.6 Å². The van der Waals surface area contributed by atoms with Gasteiger partial charge in [0.2, 0.25) is 0 Å². The molecule has 0 radical (unpaired) electrons. The number of hydrogen-bond acceptors (Lipinski definition) is 3. The maximum absolute atomic E-state index is 8.89. The van der Waals surface area contributed by atoms with E-state index in [1.807, 2.05) is 0 Å². The number of anilines is 1. The summed E-state index contributed by atoms with van der Waals surface area (Å²) in [5.41, 5.74) is 3.91. The van der Waals surface area contributed by atoms with Gasteiger partial charge in [-0.1, -0.05) is 6.07 Å². The maximum Gasteiger partial charge on any atom is 0.0638 e. The molecule has 0 amide bonds. The molecule has 2 rings (SSSR count). The molecule has 1 heterocycles. The first kappa shape index (κ1) is 12.9. The second-order valence-corrected chi connectivity index (χ2v) is 5.29. The SMILES string of the molecule is Cc1cc(C)cc(N2CCN(C)C(CC#N)C2)c1. The van der Waals surface area contributed by atoms with Gasteiger partial charge in [-0.05, 0) is 44.2 Å². The van der Waals surface area contributed by atoms with E-state index < -0.39 is 0 Å². The number of likely N-dealkylation sites (N-methyl/N-ethyl adjacent to an activating group) is 1. The number of nitrogens with zero attached hydrogens (tertiary/aromatic N) is 3. The van der Waals surface area contributed by atoms with Crippen LogP contribution in [0.2, 0.25) is 0 Å². The Bertz CT molecular complexity index is 441. The van der Waals surface area contributed by atoms with E-state index in [2.05, 4.69) is 55.0 Å². The highest BCUT2D eigenvalue weighted by Gasteiger charge is 2.24. The topological polar surface area (TPSA) is 30.3 Å². The van der Waals surface area contributed by atoms with E-state index in [0.717, 1.165) is 19.6 Å². The highest BCUT2D eigenvalue weighted by atomic mass is 15.3. The lowest BCUT2D eigenvalue weighted by Gasteiger charge is -2.40. The molecule has 1 aromatic rings. The second-order valence-electron chi connectivity index (χ2n) is 5.29. The molecule has 0 bridgehead atoms. The summed E-state index contributed by atoms with van der Waals surface area (Å²) in [4.78, 5) is 4.70. The van der Waals surface area contributed by atoms with Crippen LogP contribution >= 0.6 is 0 Å². The van der Waals surface area contributed by atoms with Crippen LogP contribution in [0, 0.1) is 25.2 Å². The van der Waals surface area contributed by atoms with Crippen molar-refractivity contribution < 1.29 is 0 Å². The zero-order valence-corrected chi connectivity index (χ0v) is 11.5. The van der Waals surface area contributed by atoms with Gasteiger partial charge in [0.15, 0.2) is 0 Å². The molecule has 3 nitrogen and oxygen atoms in total. The Hall–Kier alpha value is -1.53. The van der Waals surface area contributed by atoms with Crippen LogP contribution in [0.1, 0.15) is 17.5 Å². The van der Waals surface area contributed by atoms with E-state index in [1.54, 1.807) is 0 Å². The van der Waals surface area contributed by atoms with Crippen LogP contribution in [0.4, 0.5) is 5.69 Å². The molecule has 0 N–H and O–H groups in total. The van der Waals surface area contributed by atoms with Crippen molar-refractivity contribution in [2.24, 2.45) is 0 Å². The average Bonchev–Trinajstić information content (AvgIpc) is 2.31. The third kappa shape index (κ3) is 2.83. The van der Waals surface area contributed by atoms with Crippen molar-refractivity contribution in [1.29, 1.82) is 5.26 Å². The summed E-state index contributed by atoms with van der Waals surface area (Å²) in [7, 11) is 2.11. The fourth-order valence-electron chi connectivity index (χ4n) is 2.64. The molecule has 3 heteroatoms. The third-order valence-electron chi connectivity index (χ3n) is 3.68. The van der Waals surface area contributed by atoms with Crippen LogP contribution in [-0.2, 0) is 0 Å². The summed E-state index contributed by atoms with van der Waals surface area (Å²) < 4.78 is 0. The number of piperazine rings is 1. The minimum Gasteiger partial charge on any atom is -0.369 e. The minimum absolute atomic E-state index is 0.351. The quantitative estimate of drug-likeness (QED) is 0.798. The summed E-state index contributed by atoms with van der Waals surface area (Å²) in [6.07, 6.45) is 0.609. The predicted octanol–water partition coefficient (Wildman–Crippen LogP) is 2.34. The zero-order valence-electron chi connectivity index (χ0n) is 11.5. The van der Waals surface area contributed by atoms with Gasteiger partial charge in [0, 0.05) is 31.4 Å². The first-order valence-corrected chi connectivity index (χ1v) is 6.50. The molecule has 0 spiro atoms. The molecule has 1 atom stereocenters. The summed E-state index contributed by atoms with van der Waals surface area (Å²) >= 11 is 0. The van der Waals surface area contributed by atoms with Crippen LogP contribution in [0.5, 0.6) is 0 Å². The largest absolute Gasteiger partial charge is 0.369 e. The summed E-state index contributed by atoms with van der Waals surface area (Å²) in [5, 5.41) is 8.89. The number of benzene rings is 1. The number of hydrogen-bond donors (Lipinski definition) is 0. The molecule has 0 saturated carbocycles. The van der Waals surface area contributed by atoms with Gasteiger partial charge in [0.05, 0.1) is 12.5 Å². The first-order valence-electron chi connectivity index (χ1n) is 6.50. The van der Waals surface area contributed by atoms with Crippen molar-refractivity contribution in [1.82, 2.24) is 4.90 Å². The van der Waals surface area contributed by atoms with Crippen molar-refractivity contribution in [3.8, 4) is 6.07 Å². The molecule has 1 aliphatic rings. The molecule has 0 aliphatic carbocycles.